The number of carbonyl (C=O) groups excluding carboxylic acids is 2. The highest BCUT2D eigenvalue weighted by Gasteiger charge is 2.28. The zero-order chi connectivity index (χ0) is 26.8. The topological polar surface area (TPSA) is 101 Å². The second-order valence-electron chi connectivity index (χ2n) is 9.12. The summed E-state index contributed by atoms with van der Waals surface area (Å²) >= 11 is 0. The molecule has 1 atom stereocenters. The van der Waals surface area contributed by atoms with Crippen LogP contribution in [0, 0.1) is 0 Å². The summed E-state index contributed by atoms with van der Waals surface area (Å²) in [6, 6.07) is 10.9. The monoisotopic (exact) mass is 513 g/mol. The first-order valence-corrected chi connectivity index (χ1v) is 12.8. The standard InChI is InChI=1S/C28H39N3O6/c1-5-6-7-15-37-27-17-23(11-12-25(27)35-3)31-14-8-13-30(28(31)34)19-22-10-9-21(16-26(22)36-4)24(33)18-29-20(2)32/h9-12,16-17,24,33H,5-8,13-15,18-19H2,1-4H3,(H,29,32). The Balaban J connectivity index is 1.73. The van der Waals surface area contributed by atoms with Gasteiger partial charge in [0.25, 0.3) is 0 Å². The van der Waals surface area contributed by atoms with E-state index in [0.717, 1.165) is 36.9 Å². The van der Waals surface area contributed by atoms with Gasteiger partial charge in [-0.3, -0.25) is 9.69 Å². The minimum Gasteiger partial charge on any atom is -0.496 e. The first kappa shape index (κ1) is 28.1. The van der Waals surface area contributed by atoms with Crippen molar-refractivity contribution in [2.45, 2.75) is 52.2 Å². The lowest BCUT2D eigenvalue weighted by molar-refractivity contribution is -0.119. The largest absolute Gasteiger partial charge is 0.496 e. The summed E-state index contributed by atoms with van der Waals surface area (Å²) in [7, 11) is 3.17. The molecule has 1 saturated heterocycles. The van der Waals surface area contributed by atoms with Gasteiger partial charge in [0, 0.05) is 43.9 Å². The SMILES string of the molecule is CCCCCOc1cc(N2CCCN(Cc3ccc(C(O)CNC(C)=O)cc3OC)C2=O)ccc1OC. The highest BCUT2D eigenvalue weighted by atomic mass is 16.5. The third kappa shape index (κ3) is 7.52. The summed E-state index contributed by atoms with van der Waals surface area (Å²) in [5.41, 5.74) is 2.23. The number of aliphatic hydroxyl groups excluding tert-OH is 1. The van der Waals surface area contributed by atoms with Crippen molar-refractivity contribution in [2.24, 2.45) is 0 Å². The molecule has 202 valence electrons. The van der Waals surface area contributed by atoms with Gasteiger partial charge in [-0.2, -0.15) is 0 Å². The Hall–Kier alpha value is -3.46. The molecule has 2 aromatic rings. The lowest BCUT2D eigenvalue weighted by Gasteiger charge is -2.36. The molecule has 0 aromatic heterocycles. The second-order valence-corrected chi connectivity index (χ2v) is 9.12. The van der Waals surface area contributed by atoms with Gasteiger partial charge in [-0.15, -0.1) is 0 Å². The van der Waals surface area contributed by atoms with E-state index in [1.165, 1.54) is 6.92 Å². The highest BCUT2D eigenvalue weighted by Crippen LogP contribution is 2.34. The molecule has 0 bridgehead atoms. The zero-order valence-corrected chi connectivity index (χ0v) is 22.3. The number of amides is 3. The molecule has 2 N–H and O–H groups in total. The predicted molar refractivity (Wildman–Crippen MR) is 142 cm³/mol. The molecular formula is C28H39N3O6. The molecule has 1 aliphatic rings. The zero-order valence-electron chi connectivity index (χ0n) is 22.3. The molecule has 37 heavy (non-hydrogen) atoms. The van der Waals surface area contributed by atoms with Crippen LogP contribution in [0.2, 0.25) is 0 Å². The number of methoxy groups -OCH3 is 2. The van der Waals surface area contributed by atoms with Crippen LogP contribution < -0.4 is 24.4 Å². The maximum atomic E-state index is 13.5. The molecule has 0 aliphatic carbocycles. The fourth-order valence-corrected chi connectivity index (χ4v) is 4.31. The van der Waals surface area contributed by atoms with E-state index in [2.05, 4.69) is 12.2 Å². The number of aliphatic hydroxyl groups is 1. The van der Waals surface area contributed by atoms with E-state index in [1.807, 2.05) is 24.3 Å². The molecule has 9 nitrogen and oxygen atoms in total. The lowest BCUT2D eigenvalue weighted by Crippen LogP contribution is -2.49. The molecule has 0 spiro atoms. The van der Waals surface area contributed by atoms with E-state index in [9.17, 15) is 14.7 Å². The van der Waals surface area contributed by atoms with E-state index in [4.69, 9.17) is 14.2 Å². The van der Waals surface area contributed by atoms with Crippen LogP contribution in [0.25, 0.3) is 0 Å². The normalized spacial score (nSPS) is 14.4. The van der Waals surface area contributed by atoms with Crippen molar-refractivity contribution in [3.63, 3.8) is 0 Å². The number of nitrogens with zero attached hydrogens (tertiary/aromatic N) is 2. The molecule has 1 heterocycles. The molecule has 1 fully saturated rings. The Bertz CT molecular complexity index is 1060. The van der Waals surface area contributed by atoms with Crippen molar-refractivity contribution < 1.29 is 28.9 Å². The Morgan fingerprint density at radius 3 is 2.54 bits per heavy atom. The van der Waals surface area contributed by atoms with Crippen LogP contribution >= 0.6 is 0 Å². The number of urea groups is 1. The van der Waals surface area contributed by atoms with Crippen LogP contribution in [0.1, 0.15) is 56.8 Å². The van der Waals surface area contributed by atoms with Crippen molar-refractivity contribution >= 4 is 17.6 Å². The van der Waals surface area contributed by atoms with Crippen LogP contribution in [-0.4, -0.2) is 62.4 Å². The number of hydrogen-bond acceptors (Lipinski definition) is 6. The number of nitrogens with one attached hydrogen (secondary N) is 1. The fourth-order valence-electron chi connectivity index (χ4n) is 4.31. The lowest BCUT2D eigenvalue weighted by atomic mass is 10.0. The predicted octanol–water partition coefficient (Wildman–Crippen LogP) is 4.27. The van der Waals surface area contributed by atoms with Crippen LogP contribution in [0.4, 0.5) is 10.5 Å². The Kier molecular flexibility index (Phi) is 10.4. The summed E-state index contributed by atoms with van der Waals surface area (Å²) in [6.45, 7) is 5.88. The van der Waals surface area contributed by atoms with Crippen LogP contribution in [0.3, 0.4) is 0 Å². The number of carbonyl (C=O) groups is 2. The summed E-state index contributed by atoms with van der Waals surface area (Å²) in [6.07, 6.45) is 3.14. The maximum absolute atomic E-state index is 13.5. The van der Waals surface area contributed by atoms with Gasteiger partial charge < -0.3 is 29.5 Å². The molecule has 3 rings (SSSR count). The van der Waals surface area contributed by atoms with E-state index < -0.39 is 6.10 Å². The van der Waals surface area contributed by atoms with Crippen molar-refractivity contribution in [3.05, 3.63) is 47.5 Å². The minimum absolute atomic E-state index is 0.0924. The molecule has 0 radical (unpaired) electrons. The molecule has 9 heteroatoms. The van der Waals surface area contributed by atoms with Crippen molar-refractivity contribution in [1.82, 2.24) is 10.2 Å². The summed E-state index contributed by atoms with van der Waals surface area (Å²) in [5.74, 6) is 1.66. The molecule has 3 amide bonds. The van der Waals surface area contributed by atoms with Gasteiger partial charge in [0.05, 0.1) is 33.5 Å². The third-order valence-electron chi connectivity index (χ3n) is 6.38. The van der Waals surface area contributed by atoms with Crippen LogP contribution in [-0.2, 0) is 11.3 Å². The quantitative estimate of drug-likeness (QED) is 0.388. The van der Waals surface area contributed by atoms with Gasteiger partial charge in [-0.05, 0) is 36.6 Å². The van der Waals surface area contributed by atoms with E-state index in [0.29, 0.717) is 49.1 Å². The maximum Gasteiger partial charge on any atom is 0.324 e. The smallest absolute Gasteiger partial charge is 0.324 e. The van der Waals surface area contributed by atoms with Crippen LogP contribution in [0.15, 0.2) is 36.4 Å². The number of unbranched alkanes of at least 4 members (excludes halogenated alkanes) is 2. The number of benzene rings is 2. The van der Waals surface area contributed by atoms with Gasteiger partial charge in [0.1, 0.15) is 5.75 Å². The molecule has 0 saturated carbocycles. The van der Waals surface area contributed by atoms with Crippen LogP contribution in [0.5, 0.6) is 17.2 Å². The number of anilines is 1. The molecule has 1 unspecified atom stereocenters. The second kappa shape index (κ2) is 13.7. The Labute approximate surface area is 219 Å². The van der Waals surface area contributed by atoms with Gasteiger partial charge in [-0.25, -0.2) is 4.79 Å². The van der Waals surface area contributed by atoms with Gasteiger partial charge >= 0.3 is 6.03 Å². The van der Waals surface area contributed by atoms with Crippen molar-refractivity contribution in [3.8, 4) is 17.2 Å². The van der Waals surface area contributed by atoms with Gasteiger partial charge in [0.15, 0.2) is 11.5 Å². The third-order valence-corrected chi connectivity index (χ3v) is 6.38. The minimum atomic E-state index is -0.854. The molecule has 1 aliphatic heterocycles. The number of hydrogen-bond donors (Lipinski definition) is 2. The average Bonchev–Trinajstić information content (AvgIpc) is 2.91. The van der Waals surface area contributed by atoms with Gasteiger partial charge in [0.2, 0.25) is 5.91 Å². The summed E-state index contributed by atoms with van der Waals surface area (Å²) in [4.78, 5) is 28.2. The average molecular weight is 514 g/mol. The van der Waals surface area contributed by atoms with E-state index >= 15 is 0 Å². The summed E-state index contributed by atoms with van der Waals surface area (Å²) in [5, 5.41) is 13.0. The van der Waals surface area contributed by atoms with E-state index in [-0.39, 0.29) is 18.5 Å². The first-order valence-electron chi connectivity index (χ1n) is 12.8. The summed E-state index contributed by atoms with van der Waals surface area (Å²) < 4.78 is 17.0. The molecular weight excluding hydrogens is 474 g/mol. The first-order chi connectivity index (χ1) is 17.9. The fraction of sp³-hybridized carbons (Fsp3) is 0.500. The number of rotatable bonds is 13. The van der Waals surface area contributed by atoms with Crippen molar-refractivity contribution in [1.29, 1.82) is 0 Å². The van der Waals surface area contributed by atoms with Gasteiger partial charge in [-0.1, -0.05) is 31.9 Å². The number of ether oxygens (including phenoxy) is 3. The van der Waals surface area contributed by atoms with Crippen molar-refractivity contribution in [2.75, 3.05) is 45.4 Å². The highest BCUT2D eigenvalue weighted by molar-refractivity contribution is 5.93. The Morgan fingerprint density at radius 2 is 1.84 bits per heavy atom. The Morgan fingerprint density at radius 1 is 1.05 bits per heavy atom. The van der Waals surface area contributed by atoms with E-state index in [1.54, 1.807) is 36.2 Å². The molecule has 2 aromatic carbocycles.